The minimum atomic E-state index is -1.78. The molecule has 29 nitrogen and oxygen atoms in total. The topological polar surface area (TPSA) is 476 Å². The number of carboxylic acid groups (broad SMARTS) is 2. The second-order valence-electron chi connectivity index (χ2n) is 16.8. The van der Waals surface area contributed by atoms with E-state index in [9.17, 15) is 83.7 Å². The van der Waals surface area contributed by atoms with Crippen LogP contribution < -0.4 is 48.7 Å². The zero-order chi connectivity index (χ0) is 52.4. The van der Waals surface area contributed by atoms with Crippen LogP contribution in [-0.4, -0.2) is 200 Å². The Morgan fingerprint density at radius 1 is 0.638 bits per heavy atom. The maximum absolute atomic E-state index is 13.6. The second kappa shape index (κ2) is 28.1. The minimum absolute atomic E-state index is 0.0767. The molecule has 16 atom stereocenters. The Hall–Kier alpha value is -5.66. The van der Waals surface area contributed by atoms with E-state index in [2.05, 4.69) is 37.2 Å². The lowest BCUT2D eigenvalue weighted by atomic mass is 9.80. The van der Waals surface area contributed by atoms with Crippen molar-refractivity contribution in [1.29, 1.82) is 0 Å². The van der Waals surface area contributed by atoms with Crippen molar-refractivity contribution in [2.24, 2.45) is 23.3 Å². The molecular formula is C40H67N9O20. The summed E-state index contributed by atoms with van der Waals surface area (Å²) in [5.41, 5.74) is 10.7. The highest BCUT2D eigenvalue weighted by atomic mass is 16.7. The van der Waals surface area contributed by atoms with Gasteiger partial charge in [-0.15, -0.1) is 0 Å². The first-order valence-corrected chi connectivity index (χ1v) is 22.0. The number of hydrogen-bond acceptors (Lipinski definition) is 19. The van der Waals surface area contributed by atoms with Crippen LogP contribution in [0.2, 0.25) is 0 Å². The molecule has 2 fully saturated rings. The van der Waals surface area contributed by atoms with Crippen LogP contribution in [0.3, 0.4) is 0 Å². The number of nitrogens with one attached hydrogen (secondary N) is 7. The van der Waals surface area contributed by atoms with Crippen molar-refractivity contribution < 1.29 is 97.9 Å². The average Bonchev–Trinajstić information content (AvgIpc) is 3.27. The van der Waals surface area contributed by atoms with Crippen molar-refractivity contribution in [3.63, 3.8) is 0 Å². The van der Waals surface area contributed by atoms with E-state index in [1.54, 1.807) is 0 Å². The first-order chi connectivity index (χ1) is 32.3. The molecular weight excluding hydrogens is 926 g/mol. The molecule has 0 aromatic carbocycles. The van der Waals surface area contributed by atoms with Crippen molar-refractivity contribution in [3.8, 4) is 0 Å². The fourth-order valence-corrected chi connectivity index (χ4v) is 7.55. The standard InChI is InChI=1S/C40H67N9O20/c1-15(11-20-28(45-18(4)52)39(66)67-25(14-51)32(20)69-40-29(46-19(5)53)31(57)30(56)24(13-50)68-40)34(59)43-16(2)35(60)49-21(33(42)58)9-10-26(54)47-22(36(61)44-17(3)37(62)63)7-6-8-23(38(64)65)48-27(55)12-41/h15-17,20-25,28-32,39-40,50-51,56-57,66H,6-14,41H2,1-5H3,(H2,42,58)(H,43,59)(H,44,61)(H,45,52)(H,46,53)(H,47,54)(H,48,55)(H,49,60)(H,62,63)(H,64,65). The van der Waals surface area contributed by atoms with E-state index in [1.807, 2.05) is 0 Å². The van der Waals surface area contributed by atoms with E-state index in [-0.39, 0.29) is 25.7 Å². The average molecular weight is 994 g/mol. The van der Waals surface area contributed by atoms with Crippen LogP contribution in [0.15, 0.2) is 0 Å². The Bertz CT molecular complexity index is 1830. The van der Waals surface area contributed by atoms with Gasteiger partial charge in [0.25, 0.3) is 0 Å². The number of hydrogen-bond donors (Lipinski definition) is 16. The lowest BCUT2D eigenvalue weighted by Crippen LogP contribution is -2.68. The van der Waals surface area contributed by atoms with E-state index >= 15 is 0 Å². The fourth-order valence-electron chi connectivity index (χ4n) is 7.55. The highest BCUT2D eigenvalue weighted by Crippen LogP contribution is 2.35. The van der Waals surface area contributed by atoms with E-state index in [4.69, 9.17) is 25.7 Å². The Morgan fingerprint density at radius 3 is 1.74 bits per heavy atom. The number of carbonyl (C=O) groups is 10. The van der Waals surface area contributed by atoms with Gasteiger partial charge in [-0.05, 0) is 46.0 Å². The van der Waals surface area contributed by atoms with Crippen molar-refractivity contribution >= 4 is 59.2 Å². The van der Waals surface area contributed by atoms with Gasteiger partial charge in [-0.1, -0.05) is 6.92 Å². The number of nitrogens with two attached hydrogens (primary N) is 2. The fraction of sp³-hybridized carbons (Fsp3) is 0.750. The molecule has 0 bridgehead atoms. The van der Waals surface area contributed by atoms with Crippen molar-refractivity contribution in [2.75, 3.05) is 19.8 Å². The Kier molecular flexibility index (Phi) is 24.2. The molecule has 16 unspecified atom stereocenters. The van der Waals surface area contributed by atoms with Crippen LogP contribution in [-0.2, 0) is 62.2 Å². The summed E-state index contributed by atoms with van der Waals surface area (Å²) in [6, 6.07) is -9.91. The smallest absolute Gasteiger partial charge is 0.326 e. The van der Waals surface area contributed by atoms with E-state index in [0.717, 1.165) is 20.8 Å². The molecule has 0 radical (unpaired) electrons. The molecule has 392 valence electrons. The molecule has 2 aliphatic rings. The first kappa shape index (κ1) is 59.5. The molecule has 2 heterocycles. The summed E-state index contributed by atoms with van der Waals surface area (Å²) in [6.07, 6.45) is -12.9. The lowest BCUT2D eigenvalue weighted by molar-refractivity contribution is -0.322. The zero-order valence-corrected chi connectivity index (χ0v) is 38.7. The first-order valence-electron chi connectivity index (χ1n) is 22.0. The molecule has 8 amide bonds. The SMILES string of the molecule is CC(=O)NC1C(OC2C(CO)OC(O)C(NC(C)=O)C2CC(C)C(=O)NC(C)C(=O)NC(CCC(=O)NC(CCCC(NC(=O)CN)C(=O)O)C(=O)NC(C)C(=O)O)C(N)=O)OC(CO)C(O)C1O. The monoisotopic (exact) mass is 993 g/mol. The van der Waals surface area contributed by atoms with Crippen LogP contribution in [0.1, 0.15) is 73.1 Å². The highest BCUT2D eigenvalue weighted by molar-refractivity contribution is 5.93. The summed E-state index contributed by atoms with van der Waals surface area (Å²) in [6.45, 7) is 3.92. The van der Waals surface area contributed by atoms with Gasteiger partial charge in [-0.25, -0.2) is 4.79 Å². The van der Waals surface area contributed by atoms with Crippen LogP contribution >= 0.6 is 0 Å². The van der Waals surface area contributed by atoms with Crippen LogP contribution in [0.5, 0.6) is 0 Å². The van der Waals surface area contributed by atoms with Crippen molar-refractivity contribution in [3.05, 3.63) is 0 Å². The molecule has 0 saturated carbocycles. The number of carboxylic acids is 2. The van der Waals surface area contributed by atoms with Crippen molar-refractivity contribution in [1.82, 2.24) is 37.2 Å². The number of primary amides is 1. The molecule has 69 heavy (non-hydrogen) atoms. The Morgan fingerprint density at radius 2 is 1.20 bits per heavy atom. The predicted molar refractivity (Wildman–Crippen MR) is 231 cm³/mol. The minimum Gasteiger partial charge on any atom is -0.480 e. The van der Waals surface area contributed by atoms with Gasteiger partial charge in [0.05, 0.1) is 31.9 Å². The van der Waals surface area contributed by atoms with E-state index in [0.29, 0.717) is 0 Å². The van der Waals surface area contributed by atoms with Gasteiger partial charge >= 0.3 is 11.9 Å². The number of amides is 8. The lowest BCUT2D eigenvalue weighted by Gasteiger charge is -2.49. The molecule has 2 aliphatic heterocycles. The number of carbonyl (C=O) groups excluding carboxylic acids is 8. The predicted octanol–water partition coefficient (Wildman–Crippen LogP) is -7.80. The molecule has 2 rings (SSSR count). The van der Waals surface area contributed by atoms with Crippen LogP contribution in [0, 0.1) is 11.8 Å². The number of aliphatic hydroxyl groups excluding tert-OH is 5. The van der Waals surface area contributed by atoms with Gasteiger partial charge in [0.2, 0.25) is 47.3 Å². The van der Waals surface area contributed by atoms with Gasteiger partial charge in [-0.3, -0.25) is 43.2 Å². The molecule has 29 heteroatoms. The number of aliphatic carboxylic acids is 2. The largest absolute Gasteiger partial charge is 0.480 e. The molecule has 0 aliphatic carbocycles. The van der Waals surface area contributed by atoms with E-state index < -0.39 is 189 Å². The van der Waals surface area contributed by atoms with Gasteiger partial charge in [0, 0.05) is 32.1 Å². The zero-order valence-electron chi connectivity index (χ0n) is 38.7. The number of rotatable bonds is 27. The van der Waals surface area contributed by atoms with Crippen molar-refractivity contribution in [2.45, 2.75) is 159 Å². The third kappa shape index (κ3) is 18.3. The highest BCUT2D eigenvalue weighted by Gasteiger charge is 2.52. The van der Waals surface area contributed by atoms with Gasteiger partial charge in [-0.2, -0.15) is 0 Å². The quantitative estimate of drug-likeness (QED) is 0.0363. The summed E-state index contributed by atoms with van der Waals surface area (Å²) < 4.78 is 17.4. The summed E-state index contributed by atoms with van der Waals surface area (Å²) in [5.74, 6) is -11.8. The van der Waals surface area contributed by atoms with Crippen LogP contribution in [0.25, 0.3) is 0 Å². The molecule has 0 aromatic rings. The van der Waals surface area contributed by atoms with Gasteiger partial charge < -0.3 is 98.6 Å². The number of ether oxygens (including phenoxy) is 3. The Labute approximate surface area is 395 Å². The van der Waals surface area contributed by atoms with Gasteiger partial charge in [0.1, 0.15) is 60.7 Å². The Balaban J connectivity index is 2.21. The second-order valence-corrected chi connectivity index (χ2v) is 16.8. The third-order valence-electron chi connectivity index (χ3n) is 11.3. The van der Waals surface area contributed by atoms with E-state index in [1.165, 1.54) is 13.8 Å². The maximum atomic E-state index is 13.6. The summed E-state index contributed by atoms with van der Waals surface area (Å²) in [5, 5.41) is 87.6. The molecule has 2 saturated heterocycles. The van der Waals surface area contributed by atoms with Gasteiger partial charge in [0.15, 0.2) is 12.6 Å². The normalized spacial score (nSPS) is 27.1. The summed E-state index contributed by atoms with van der Waals surface area (Å²) in [4.78, 5) is 124. The third-order valence-corrected chi connectivity index (χ3v) is 11.3. The molecule has 18 N–H and O–H groups in total. The summed E-state index contributed by atoms with van der Waals surface area (Å²) >= 11 is 0. The molecule has 0 aromatic heterocycles. The summed E-state index contributed by atoms with van der Waals surface area (Å²) in [7, 11) is 0. The maximum Gasteiger partial charge on any atom is 0.326 e. The number of aliphatic hydroxyl groups is 5. The molecule has 0 spiro atoms. The van der Waals surface area contributed by atoms with Crippen LogP contribution in [0.4, 0.5) is 0 Å².